The van der Waals surface area contributed by atoms with Crippen molar-refractivity contribution in [2.24, 2.45) is 12.8 Å². The standard InChI is InChI=1S/C23H23N3S/c1-15-6-7-19(13-16(15)2)17-8-10-18(11-9-17)20-14-21(26(3)25-20)23(24)22-5-4-12-27-22/h4-14,23H,24H2,1-3H3. The highest BCUT2D eigenvalue weighted by Crippen LogP contribution is 2.29. The SMILES string of the molecule is Cc1ccc(-c2ccc(-c3cc(C(N)c4cccs4)n(C)n3)cc2)cc1C. The Bertz CT molecular complexity index is 1060. The van der Waals surface area contributed by atoms with Gasteiger partial charge >= 0.3 is 0 Å². The minimum absolute atomic E-state index is 0.147. The van der Waals surface area contributed by atoms with Crippen LogP contribution in [0.4, 0.5) is 0 Å². The Morgan fingerprint density at radius 1 is 0.889 bits per heavy atom. The molecule has 4 aromatic rings. The molecular formula is C23H23N3S. The van der Waals surface area contributed by atoms with Crippen LogP contribution in [0.15, 0.2) is 66.0 Å². The van der Waals surface area contributed by atoms with Crippen molar-refractivity contribution in [3.63, 3.8) is 0 Å². The van der Waals surface area contributed by atoms with Crippen molar-refractivity contribution in [3.8, 4) is 22.4 Å². The minimum Gasteiger partial charge on any atom is -0.318 e. The molecule has 1 unspecified atom stereocenters. The van der Waals surface area contributed by atoms with Gasteiger partial charge in [0.05, 0.1) is 17.4 Å². The van der Waals surface area contributed by atoms with Crippen LogP contribution in [0.5, 0.6) is 0 Å². The third-order valence-electron chi connectivity index (χ3n) is 5.11. The quantitative estimate of drug-likeness (QED) is 0.515. The van der Waals surface area contributed by atoms with Crippen molar-refractivity contribution >= 4 is 11.3 Å². The van der Waals surface area contributed by atoms with Crippen LogP contribution in [0.2, 0.25) is 0 Å². The number of aryl methyl sites for hydroxylation is 3. The van der Waals surface area contributed by atoms with E-state index in [0.717, 1.165) is 21.8 Å². The van der Waals surface area contributed by atoms with Crippen molar-refractivity contribution in [1.29, 1.82) is 0 Å². The molecule has 0 radical (unpaired) electrons. The third-order valence-corrected chi connectivity index (χ3v) is 6.06. The Morgan fingerprint density at radius 3 is 2.26 bits per heavy atom. The smallest absolute Gasteiger partial charge is 0.0926 e. The summed E-state index contributed by atoms with van der Waals surface area (Å²) in [5.74, 6) is 0. The molecule has 3 nitrogen and oxygen atoms in total. The predicted molar refractivity (Wildman–Crippen MR) is 114 cm³/mol. The first-order chi connectivity index (χ1) is 13.0. The molecule has 0 spiro atoms. The van der Waals surface area contributed by atoms with Crippen LogP contribution in [0, 0.1) is 13.8 Å². The zero-order chi connectivity index (χ0) is 19.0. The van der Waals surface area contributed by atoms with E-state index >= 15 is 0 Å². The van der Waals surface area contributed by atoms with E-state index in [1.54, 1.807) is 11.3 Å². The first kappa shape index (κ1) is 17.7. The van der Waals surface area contributed by atoms with E-state index in [-0.39, 0.29) is 6.04 Å². The van der Waals surface area contributed by atoms with Gasteiger partial charge in [0.15, 0.2) is 0 Å². The number of aromatic nitrogens is 2. The first-order valence-corrected chi connectivity index (χ1v) is 9.92. The summed E-state index contributed by atoms with van der Waals surface area (Å²) in [7, 11) is 1.95. The second-order valence-electron chi connectivity index (χ2n) is 6.95. The molecule has 4 heteroatoms. The van der Waals surface area contributed by atoms with E-state index in [0.29, 0.717) is 0 Å². The molecule has 4 rings (SSSR count). The van der Waals surface area contributed by atoms with Crippen LogP contribution in [0.25, 0.3) is 22.4 Å². The molecule has 0 saturated heterocycles. The van der Waals surface area contributed by atoms with Gasteiger partial charge < -0.3 is 5.73 Å². The Morgan fingerprint density at radius 2 is 1.59 bits per heavy atom. The molecule has 0 fully saturated rings. The maximum Gasteiger partial charge on any atom is 0.0926 e. The summed E-state index contributed by atoms with van der Waals surface area (Å²) in [6, 6.07) is 21.2. The van der Waals surface area contributed by atoms with Crippen LogP contribution in [-0.4, -0.2) is 9.78 Å². The summed E-state index contributed by atoms with van der Waals surface area (Å²) < 4.78 is 1.89. The predicted octanol–water partition coefficient (Wildman–Crippen LogP) is 5.48. The van der Waals surface area contributed by atoms with Gasteiger partial charge in [-0.15, -0.1) is 11.3 Å². The molecule has 0 aliphatic carbocycles. The molecule has 2 heterocycles. The molecule has 0 bridgehead atoms. The summed E-state index contributed by atoms with van der Waals surface area (Å²) in [4.78, 5) is 1.15. The number of thiophene rings is 1. The Hall–Kier alpha value is -2.69. The molecule has 1 atom stereocenters. The van der Waals surface area contributed by atoms with E-state index in [2.05, 4.69) is 78.9 Å². The van der Waals surface area contributed by atoms with E-state index in [1.165, 1.54) is 22.3 Å². The van der Waals surface area contributed by atoms with E-state index in [4.69, 9.17) is 5.73 Å². The maximum atomic E-state index is 6.43. The molecule has 2 aromatic heterocycles. The van der Waals surface area contributed by atoms with Gasteiger partial charge in [0.1, 0.15) is 0 Å². The highest BCUT2D eigenvalue weighted by atomic mass is 32.1. The molecule has 136 valence electrons. The third kappa shape index (κ3) is 3.46. The van der Waals surface area contributed by atoms with Gasteiger partial charge in [-0.05, 0) is 53.6 Å². The lowest BCUT2D eigenvalue weighted by Gasteiger charge is -2.09. The lowest BCUT2D eigenvalue weighted by molar-refractivity contribution is 0.679. The summed E-state index contributed by atoms with van der Waals surface area (Å²) in [5.41, 5.74) is 14.6. The Labute approximate surface area is 164 Å². The van der Waals surface area contributed by atoms with Crippen molar-refractivity contribution in [3.05, 3.63) is 87.7 Å². The van der Waals surface area contributed by atoms with Gasteiger partial charge in [0.2, 0.25) is 0 Å². The number of benzene rings is 2. The topological polar surface area (TPSA) is 43.8 Å². The van der Waals surface area contributed by atoms with E-state index in [1.807, 2.05) is 17.8 Å². The molecule has 2 aromatic carbocycles. The Balaban J connectivity index is 1.63. The fourth-order valence-electron chi connectivity index (χ4n) is 3.28. The average molecular weight is 374 g/mol. The normalized spacial score (nSPS) is 12.3. The molecular weight excluding hydrogens is 350 g/mol. The number of rotatable bonds is 4. The summed E-state index contributed by atoms with van der Waals surface area (Å²) in [5, 5.41) is 6.73. The van der Waals surface area contributed by atoms with Gasteiger partial charge in [-0.2, -0.15) is 5.10 Å². The largest absolute Gasteiger partial charge is 0.318 e. The molecule has 0 aliphatic rings. The lowest BCUT2D eigenvalue weighted by atomic mass is 9.99. The van der Waals surface area contributed by atoms with E-state index < -0.39 is 0 Å². The van der Waals surface area contributed by atoms with Crippen LogP contribution in [0.3, 0.4) is 0 Å². The fourth-order valence-corrected chi connectivity index (χ4v) is 4.02. The highest BCUT2D eigenvalue weighted by molar-refractivity contribution is 7.10. The monoisotopic (exact) mass is 373 g/mol. The zero-order valence-corrected chi connectivity index (χ0v) is 16.6. The zero-order valence-electron chi connectivity index (χ0n) is 15.8. The molecule has 2 N–H and O–H groups in total. The first-order valence-electron chi connectivity index (χ1n) is 9.04. The summed E-state index contributed by atoms with van der Waals surface area (Å²) in [6.45, 7) is 4.29. The van der Waals surface area contributed by atoms with Crippen molar-refractivity contribution in [2.45, 2.75) is 19.9 Å². The second-order valence-corrected chi connectivity index (χ2v) is 7.93. The number of hydrogen-bond donors (Lipinski definition) is 1. The number of nitrogens with zero attached hydrogens (tertiary/aromatic N) is 2. The van der Waals surface area contributed by atoms with Gasteiger partial charge in [-0.3, -0.25) is 4.68 Å². The summed E-state index contributed by atoms with van der Waals surface area (Å²) >= 11 is 1.68. The molecule has 0 aliphatic heterocycles. The van der Waals surface area contributed by atoms with Crippen molar-refractivity contribution < 1.29 is 0 Å². The van der Waals surface area contributed by atoms with Gasteiger partial charge in [0, 0.05) is 17.5 Å². The number of nitrogens with two attached hydrogens (primary N) is 1. The fraction of sp³-hybridized carbons (Fsp3) is 0.174. The van der Waals surface area contributed by atoms with Gasteiger partial charge in [-0.25, -0.2) is 0 Å². The van der Waals surface area contributed by atoms with E-state index in [9.17, 15) is 0 Å². The van der Waals surface area contributed by atoms with Crippen LogP contribution >= 0.6 is 11.3 Å². The van der Waals surface area contributed by atoms with Crippen LogP contribution in [-0.2, 0) is 7.05 Å². The lowest BCUT2D eigenvalue weighted by Crippen LogP contribution is -2.14. The van der Waals surface area contributed by atoms with Crippen molar-refractivity contribution in [1.82, 2.24) is 9.78 Å². The molecule has 0 amide bonds. The Kier molecular flexibility index (Phi) is 4.68. The minimum atomic E-state index is -0.147. The summed E-state index contributed by atoms with van der Waals surface area (Å²) in [6.07, 6.45) is 0. The van der Waals surface area contributed by atoms with Crippen molar-refractivity contribution in [2.75, 3.05) is 0 Å². The second kappa shape index (κ2) is 7.14. The van der Waals surface area contributed by atoms with Gasteiger partial charge in [-0.1, -0.05) is 48.5 Å². The van der Waals surface area contributed by atoms with Gasteiger partial charge in [0.25, 0.3) is 0 Å². The average Bonchev–Trinajstić information content (AvgIpc) is 3.34. The molecule has 27 heavy (non-hydrogen) atoms. The highest BCUT2D eigenvalue weighted by Gasteiger charge is 2.16. The maximum absolute atomic E-state index is 6.43. The molecule has 0 saturated carbocycles. The van der Waals surface area contributed by atoms with Crippen LogP contribution < -0.4 is 5.73 Å². The number of hydrogen-bond acceptors (Lipinski definition) is 3. The van der Waals surface area contributed by atoms with Crippen LogP contribution in [0.1, 0.15) is 27.7 Å².